The van der Waals surface area contributed by atoms with E-state index in [-0.39, 0.29) is 6.61 Å². The number of methoxy groups -OCH3 is 1. The van der Waals surface area contributed by atoms with Crippen LogP contribution in [0.3, 0.4) is 0 Å². The lowest BCUT2D eigenvalue weighted by molar-refractivity contribution is -0.236. The maximum absolute atomic E-state index is 12.3. The standard InChI is InChI=1S/C19H26N2O10/c1-29-18(27)11(20-19(28)30-9-10-5-3-2-4-6-10)7-13(23)21-17-16(26)15(25)14(24)12(8-22)31-17/h2-6,11-12,14-17,22,24-26H,7-9H2,1H3,(H,20,28)(H,21,23)/t11-,12+,14+,15-,16+,17-/m0/s1. The zero-order valence-corrected chi connectivity index (χ0v) is 16.7. The zero-order valence-electron chi connectivity index (χ0n) is 16.7. The van der Waals surface area contributed by atoms with Crippen molar-refractivity contribution < 1.29 is 49.0 Å². The summed E-state index contributed by atoms with van der Waals surface area (Å²) in [6.45, 7) is -0.728. The van der Waals surface area contributed by atoms with Crippen molar-refractivity contribution >= 4 is 18.0 Å². The van der Waals surface area contributed by atoms with Crippen LogP contribution >= 0.6 is 0 Å². The van der Waals surface area contributed by atoms with Crippen molar-refractivity contribution in [1.29, 1.82) is 0 Å². The number of hydrogen-bond acceptors (Lipinski definition) is 10. The molecule has 0 radical (unpaired) electrons. The van der Waals surface area contributed by atoms with Crippen molar-refractivity contribution in [2.24, 2.45) is 0 Å². The van der Waals surface area contributed by atoms with Gasteiger partial charge in [0.15, 0.2) is 6.23 Å². The van der Waals surface area contributed by atoms with Crippen LogP contribution in [-0.2, 0) is 30.4 Å². The van der Waals surface area contributed by atoms with Crippen molar-refractivity contribution in [2.75, 3.05) is 13.7 Å². The van der Waals surface area contributed by atoms with E-state index < -0.39 is 67.7 Å². The molecule has 2 amide bonds. The van der Waals surface area contributed by atoms with E-state index in [4.69, 9.17) is 9.47 Å². The Labute approximate surface area is 177 Å². The summed E-state index contributed by atoms with van der Waals surface area (Å²) in [5, 5.41) is 43.1. The summed E-state index contributed by atoms with van der Waals surface area (Å²) in [4.78, 5) is 36.3. The van der Waals surface area contributed by atoms with Crippen LogP contribution in [0.15, 0.2) is 30.3 Å². The fraction of sp³-hybridized carbons (Fsp3) is 0.526. The average Bonchev–Trinajstić information content (AvgIpc) is 2.77. The summed E-state index contributed by atoms with van der Waals surface area (Å²) in [5.74, 6) is -1.76. The normalized spacial score (nSPS) is 26.4. The van der Waals surface area contributed by atoms with Crippen molar-refractivity contribution in [3.05, 3.63) is 35.9 Å². The first-order valence-electron chi connectivity index (χ1n) is 9.41. The van der Waals surface area contributed by atoms with Crippen LogP contribution in [0.5, 0.6) is 0 Å². The van der Waals surface area contributed by atoms with Gasteiger partial charge in [0, 0.05) is 0 Å². The SMILES string of the molecule is COC(=O)[C@H](CC(=O)N[C@H]1O[C@H](CO)[C@@H](O)[C@H](O)[C@H]1O)NC(=O)OCc1ccccc1. The third kappa shape index (κ3) is 6.87. The number of aliphatic hydroxyl groups excluding tert-OH is 4. The summed E-state index contributed by atoms with van der Waals surface area (Å²) in [6.07, 6.45) is -9.20. The second kappa shape index (κ2) is 11.6. The number of benzene rings is 1. The first-order valence-corrected chi connectivity index (χ1v) is 9.41. The number of alkyl carbamates (subject to hydrolysis) is 1. The Morgan fingerprint density at radius 3 is 2.39 bits per heavy atom. The predicted octanol–water partition coefficient (Wildman–Crippen LogP) is -2.24. The Morgan fingerprint density at radius 2 is 1.77 bits per heavy atom. The van der Waals surface area contributed by atoms with Crippen molar-refractivity contribution in [2.45, 2.75) is 49.7 Å². The molecule has 12 heteroatoms. The maximum Gasteiger partial charge on any atom is 0.408 e. The molecular formula is C19H26N2O10. The minimum Gasteiger partial charge on any atom is -0.467 e. The molecule has 6 atom stereocenters. The number of esters is 1. The molecule has 1 aromatic carbocycles. The summed E-state index contributed by atoms with van der Waals surface area (Å²) in [7, 11) is 1.07. The second-order valence-electron chi connectivity index (χ2n) is 6.80. The molecule has 6 N–H and O–H groups in total. The van der Waals surface area contributed by atoms with E-state index in [1.54, 1.807) is 30.3 Å². The third-order valence-electron chi connectivity index (χ3n) is 4.58. The van der Waals surface area contributed by atoms with Crippen LogP contribution in [0.25, 0.3) is 0 Å². The van der Waals surface area contributed by atoms with E-state index in [0.29, 0.717) is 5.56 Å². The molecule has 1 aromatic rings. The smallest absolute Gasteiger partial charge is 0.408 e. The van der Waals surface area contributed by atoms with Crippen LogP contribution in [0.4, 0.5) is 4.79 Å². The van der Waals surface area contributed by atoms with Gasteiger partial charge in [-0.1, -0.05) is 30.3 Å². The number of amides is 2. The highest BCUT2D eigenvalue weighted by Gasteiger charge is 2.44. The number of carbonyl (C=O) groups excluding carboxylic acids is 3. The molecule has 31 heavy (non-hydrogen) atoms. The molecule has 172 valence electrons. The van der Waals surface area contributed by atoms with Gasteiger partial charge in [0.25, 0.3) is 0 Å². The fourth-order valence-electron chi connectivity index (χ4n) is 2.87. The van der Waals surface area contributed by atoms with Gasteiger partial charge in [-0.25, -0.2) is 9.59 Å². The van der Waals surface area contributed by atoms with Crippen molar-refractivity contribution in [3.63, 3.8) is 0 Å². The molecule has 0 spiro atoms. The number of rotatable bonds is 8. The second-order valence-corrected chi connectivity index (χ2v) is 6.80. The molecule has 1 fully saturated rings. The van der Waals surface area contributed by atoms with Gasteiger partial charge < -0.3 is 45.3 Å². The molecule has 1 aliphatic rings. The summed E-state index contributed by atoms with van der Waals surface area (Å²) < 4.78 is 14.8. The predicted molar refractivity (Wildman–Crippen MR) is 102 cm³/mol. The molecule has 0 aliphatic carbocycles. The first-order chi connectivity index (χ1) is 14.8. The highest BCUT2D eigenvalue weighted by atomic mass is 16.6. The monoisotopic (exact) mass is 442 g/mol. The lowest BCUT2D eigenvalue weighted by Gasteiger charge is -2.40. The van der Waals surface area contributed by atoms with Gasteiger partial charge >= 0.3 is 12.1 Å². The highest BCUT2D eigenvalue weighted by molar-refractivity contribution is 5.88. The lowest BCUT2D eigenvalue weighted by atomic mass is 9.98. The third-order valence-corrected chi connectivity index (χ3v) is 4.58. The quantitative estimate of drug-likeness (QED) is 0.241. The zero-order chi connectivity index (χ0) is 23.0. The molecular weight excluding hydrogens is 416 g/mol. The summed E-state index contributed by atoms with van der Waals surface area (Å²) in [6, 6.07) is 7.38. The summed E-state index contributed by atoms with van der Waals surface area (Å²) >= 11 is 0. The van der Waals surface area contributed by atoms with E-state index in [0.717, 1.165) is 7.11 Å². The molecule has 2 rings (SSSR count). The number of hydrogen-bond donors (Lipinski definition) is 6. The van der Waals surface area contributed by atoms with E-state index in [9.17, 15) is 34.8 Å². The number of nitrogens with one attached hydrogen (secondary N) is 2. The van der Waals surface area contributed by atoms with E-state index in [2.05, 4.69) is 15.4 Å². The Balaban J connectivity index is 1.93. The topological polar surface area (TPSA) is 184 Å². The van der Waals surface area contributed by atoms with Gasteiger partial charge in [-0.3, -0.25) is 4.79 Å². The van der Waals surface area contributed by atoms with Crippen LogP contribution in [0.1, 0.15) is 12.0 Å². The minimum atomic E-state index is -1.69. The maximum atomic E-state index is 12.3. The molecule has 1 saturated heterocycles. The minimum absolute atomic E-state index is 0.0579. The number of carbonyl (C=O) groups is 3. The van der Waals surface area contributed by atoms with E-state index in [1.807, 2.05) is 0 Å². The average molecular weight is 442 g/mol. The molecule has 0 bridgehead atoms. The van der Waals surface area contributed by atoms with E-state index >= 15 is 0 Å². The van der Waals surface area contributed by atoms with Crippen LogP contribution in [0.2, 0.25) is 0 Å². The van der Waals surface area contributed by atoms with E-state index in [1.165, 1.54) is 0 Å². The highest BCUT2D eigenvalue weighted by Crippen LogP contribution is 2.19. The Kier molecular flexibility index (Phi) is 9.15. The van der Waals surface area contributed by atoms with Crippen LogP contribution in [-0.4, -0.2) is 88.8 Å². The molecule has 12 nitrogen and oxygen atoms in total. The largest absolute Gasteiger partial charge is 0.467 e. The van der Waals surface area contributed by atoms with Gasteiger partial charge in [-0.2, -0.15) is 0 Å². The number of aliphatic hydroxyl groups is 4. The number of ether oxygens (including phenoxy) is 3. The fourth-order valence-corrected chi connectivity index (χ4v) is 2.87. The molecule has 0 saturated carbocycles. The Bertz CT molecular complexity index is 744. The van der Waals surface area contributed by atoms with Crippen LogP contribution in [0, 0.1) is 0 Å². The van der Waals surface area contributed by atoms with Crippen LogP contribution < -0.4 is 10.6 Å². The molecule has 1 aliphatic heterocycles. The molecule has 1 heterocycles. The summed E-state index contributed by atoms with van der Waals surface area (Å²) in [5.41, 5.74) is 0.715. The van der Waals surface area contributed by atoms with Crippen molar-refractivity contribution in [1.82, 2.24) is 10.6 Å². The van der Waals surface area contributed by atoms with Gasteiger partial charge in [-0.15, -0.1) is 0 Å². The van der Waals surface area contributed by atoms with Gasteiger partial charge in [0.05, 0.1) is 20.1 Å². The first kappa shape index (κ1) is 24.5. The molecule has 0 aromatic heterocycles. The Morgan fingerprint density at radius 1 is 1.10 bits per heavy atom. The van der Waals surface area contributed by atoms with Gasteiger partial charge in [0.2, 0.25) is 5.91 Å². The lowest BCUT2D eigenvalue weighted by Crippen LogP contribution is -2.63. The van der Waals surface area contributed by atoms with Gasteiger partial charge in [-0.05, 0) is 5.56 Å². The van der Waals surface area contributed by atoms with Crippen molar-refractivity contribution in [3.8, 4) is 0 Å². The van der Waals surface area contributed by atoms with Gasteiger partial charge in [0.1, 0.15) is 37.1 Å². The molecule has 0 unspecified atom stereocenters. The Hall–Kier alpha value is -2.77.